The molecule has 1 aromatic rings. The zero-order valence-electron chi connectivity index (χ0n) is 11.2. The van der Waals surface area contributed by atoms with E-state index < -0.39 is 11.1 Å². The first kappa shape index (κ1) is 18.4. The number of benzene rings is 1. The predicted octanol–water partition coefficient (Wildman–Crippen LogP) is 3.91. The fraction of sp³-hybridized carbons (Fsp3) is 0.462. The van der Waals surface area contributed by atoms with Crippen molar-refractivity contribution in [2.24, 2.45) is 0 Å². The summed E-state index contributed by atoms with van der Waals surface area (Å²) in [6.07, 6.45) is 1.25. The molecule has 0 amide bonds. The van der Waals surface area contributed by atoms with E-state index in [-0.39, 0.29) is 10.7 Å². The lowest BCUT2D eigenvalue weighted by Gasteiger charge is -2.00. The van der Waals surface area contributed by atoms with Crippen LogP contribution in [-0.2, 0) is 11.1 Å². The third kappa shape index (κ3) is 7.82. The van der Waals surface area contributed by atoms with E-state index in [0.29, 0.717) is 5.56 Å². The molecule has 0 aliphatic heterocycles. The normalized spacial score (nSPS) is 10.2. The maximum Gasteiger partial charge on any atom is 0.187 e. The van der Waals surface area contributed by atoms with Crippen molar-refractivity contribution in [2.45, 2.75) is 45.9 Å². The molecule has 0 aliphatic rings. The van der Waals surface area contributed by atoms with Crippen LogP contribution in [0.4, 0.5) is 0 Å². The van der Waals surface area contributed by atoms with E-state index in [0.717, 1.165) is 0 Å². The molecule has 0 saturated heterocycles. The minimum Gasteiger partial charge on any atom is -0.302 e. The summed E-state index contributed by atoms with van der Waals surface area (Å²) in [5, 5.41) is 0. The van der Waals surface area contributed by atoms with Crippen LogP contribution in [0.2, 0.25) is 0 Å². The van der Waals surface area contributed by atoms with Crippen molar-refractivity contribution in [1.29, 1.82) is 0 Å². The van der Waals surface area contributed by atoms with Gasteiger partial charge in [-0.1, -0.05) is 52.3 Å². The molecule has 0 spiro atoms. The summed E-state index contributed by atoms with van der Waals surface area (Å²) in [4.78, 5) is 11.1. The van der Waals surface area contributed by atoms with Gasteiger partial charge in [-0.3, -0.25) is 4.79 Å². The highest BCUT2D eigenvalue weighted by Gasteiger charge is 2.09. The zero-order chi connectivity index (χ0) is 13.8. The van der Waals surface area contributed by atoms with Crippen molar-refractivity contribution >= 4 is 16.9 Å². The molecular weight excluding hydrogens is 236 g/mol. The quantitative estimate of drug-likeness (QED) is 0.646. The number of carbonyl (C=O) groups is 1. The van der Waals surface area contributed by atoms with Crippen molar-refractivity contribution < 1.29 is 13.6 Å². The molecule has 17 heavy (non-hydrogen) atoms. The Bertz CT molecular complexity index is 315. The Morgan fingerprint density at radius 3 is 1.94 bits per heavy atom. The summed E-state index contributed by atoms with van der Waals surface area (Å²) in [6, 6.07) is 6.28. The van der Waals surface area contributed by atoms with Gasteiger partial charge in [-0.05, 0) is 13.0 Å². The molecule has 1 atom stereocenters. The number of ketones is 1. The van der Waals surface area contributed by atoms with Gasteiger partial charge in [-0.2, -0.15) is 0 Å². The van der Waals surface area contributed by atoms with Crippen LogP contribution in [-0.4, -0.2) is 14.5 Å². The molecule has 1 unspecified atom stereocenters. The van der Waals surface area contributed by atoms with Crippen molar-refractivity contribution in [3.8, 4) is 0 Å². The maximum atomic E-state index is 10.9. The van der Waals surface area contributed by atoms with Gasteiger partial charge in [0, 0.05) is 5.56 Å². The summed E-state index contributed by atoms with van der Waals surface area (Å²) in [6.45, 7) is 9.62. The van der Waals surface area contributed by atoms with Crippen LogP contribution in [0.1, 0.15) is 51.4 Å². The fourth-order valence-electron chi connectivity index (χ4n) is 0.910. The second-order valence-corrected chi connectivity index (χ2v) is 3.95. The summed E-state index contributed by atoms with van der Waals surface area (Å²) < 4.78 is 19.5. The lowest BCUT2D eigenvalue weighted by atomic mass is 10.1. The van der Waals surface area contributed by atoms with Gasteiger partial charge in [-0.25, -0.2) is 4.21 Å². The van der Waals surface area contributed by atoms with Crippen LogP contribution in [0.15, 0.2) is 29.2 Å². The molecular formula is C13H22O3S. The van der Waals surface area contributed by atoms with Gasteiger partial charge in [0.1, 0.15) is 0 Å². The van der Waals surface area contributed by atoms with E-state index in [1.807, 2.05) is 13.8 Å². The van der Waals surface area contributed by atoms with Gasteiger partial charge < -0.3 is 4.55 Å². The van der Waals surface area contributed by atoms with Gasteiger partial charge >= 0.3 is 0 Å². The number of Topliss-reactive ketones (excluding diaryl/α,β-unsaturated/α-hetero) is 1. The fourth-order valence-corrected chi connectivity index (χ4v) is 1.50. The molecule has 0 bridgehead atoms. The molecule has 98 valence electrons. The first-order valence-electron chi connectivity index (χ1n) is 5.75. The monoisotopic (exact) mass is 258 g/mol. The maximum absolute atomic E-state index is 10.9. The van der Waals surface area contributed by atoms with Crippen LogP contribution in [0, 0.1) is 0 Å². The van der Waals surface area contributed by atoms with E-state index >= 15 is 0 Å². The second kappa shape index (κ2) is 11.5. The molecule has 1 N–H and O–H groups in total. The van der Waals surface area contributed by atoms with Gasteiger partial charge in [0.15, 0.2) is 16.9 Å². The average Bonchev–Trinajstić information content (AvgIpc) is 2.32. The number of hydrogen-bond acceptors (Lipinski definition) is 2. The van der Waals surface area contributed by atoms with Gasteiger partial charge in [0.2, 0.25) is 0 Å². The SMILES string of the molecule is CC.CC(=O)c1ccccc1S(=O)O.CCC. The largest absolute Gasteiger partial charge is 0.302 e. The van der Waals surface area contributed by atoms with E-state index in [2.05, 4.69) is 13.8 Å². The van der Waals surface area contributed by atoms with E-state index in [9.17, 15) is 9.00 Å². The van der Waals surface area contributed by atoms with Crippen LogP contribution >= 0.6 is 0 Å². The first-order chi connectivity index (χ1) is 8.04. The molecule has 0 heterocycles. The molecule has 0 fully saturated rings. The van der Waals surface area contributed by atoms with Gasteiger partial charge in [0.05, 0.1) is 4.90 Å². The smallest absolute Gasteiger partial charge is 0.187 e. The molecule has 1 rings (SSSR count). The van der Waals surface area contributed by atoms with Crippen molar-refractivity contribution in [2.75, 3.05) is 0 Å². The first-order valence-corrected chi connectivity index (χ1v) is 6.86. The van der Waals surface area contributed by atoms with Crippen molar-refractivity contribution in [3.63, 3.8) is 0 Å². The summed E-state index contributed by atoms with van der Waals surface area (Å²) in [7, 11) is 0. The van der Waals surface area contributed by atoms with Crippen molar-refractivity contribution in [1.82, 2.24) is 0 Å². The number of rotatable bonds is 2. The van der Waals surface area contributed by atoms with Crippen LogP contribution in [0.3, 0.4) is 0 Å². The molecule has 0 aromatic heterocycles. The Labute approximate surface area is 107 Å². The van der Waals surface area contributed by atoms with Gasteiger partial charge in [0.25, 0.3) is 0 Å². The summed E-state index contributed by atoms with van der Waals surface area (Å²) in [5.74, 6) is -0.201. The Kier molecular flexibility index (Phi) is 12.4. The molecule has 0 radical (unpaired) electrons. The lowest BCUT2D eigenvalue weighted by Crippen LogP contribution is -2.00. The Morgan fingerprint density at radius 2 is 1.65 bits per heavy atom. The highest BCUT2D eigenvalue weighted by molar-refractivity contribution is 7.79. The van der Waals surface area contributed by atoms with Crippen LogP contribution in [0.25, 0.3) is 0 Å². The highest BCUT2D eigenvalue weighted by Crippen LogP contribution is 2.12. The van der Waals surface area contributed by atoms with Crippen molar-refractivity contribution in [3.05, 3.63) is 29.8 Å². The average molecular weight is 258 g/mol. The molecule has 4 heteroatoms. The van der Waals surface area contributed by atoms with E-state index in [1.54, 1.807) is 12.1 Å². The van der Waals surface area contributed by atoms with Gasteiger partial charge in [-0.15, -0.1) is 0 Å². The molecule has 1 aromatic carbocycles. The number of hydrogen-bond donors (Lipinski definition) is 1. The Hall–Kier alpha value is -1.00. The number of carbonyl (C=O) groups excluding carboxylic acids is 1. The third-order valence-corrected chi connectivity index (χ3v) is 2.19. The molecule has 3 nitrogen and oxygen atoms in total. The zero-order valence-corrected chi connectivity index (χ0v) is 12.0. The Morgan fingerprint density at radius 1 is 1.24 bits per heavy atom. The third-order valence-electron chi connectivity index (χ3n) is 1.45. The molecule has 0 aliphatic carbocycles. The standard InChI is InChI=1S/C8H8O3S.C3H8.C2H6/c1-6(9)7-4-2-3-5-8(7)12(10)11;1-3-2;1-2/h2-5H,1H3,(H,10,11);3H2,1-2H3;1-2H3. The highest BCUT2D eigenvalue weighted by atomic mass is 32.2. The van der Waals surface area contributed by atoms with E-state index in [4.69, 9.17) is 4.55 Å². The van der Waals surface area contributed by atoms with Crippen LogP contribution < -0.4 is 0 Å². The lowest BCUT2D eigenvalue weighted by molar-refractivity contribution is 0.101. The second-order valence-electron chi connectivity index (χ2n) is 3.01. The topological polar surface area (TPSA) is 54.4 Å². The predicted molar refractivity (Wildman–Crippen MR) is 72.8 cm³/mol. The molecule has 0 saturated carbocycles. The minimum absolute atomic E-state index is 0.171. The summed E-state index contributed by atoms with van der Waals surface area (Å²) >= 11 is -2.08. The Balaban J connectivity index is 0. The minimum atomic E-state index is -2.08. The summed E-state index contributed by atoms with van der Waals surface area (Å²) in [5.41, 5.74) is 0.304. The van der Waals surface area contributed by atoms with E-state index in [1.165, 1.54) is 25.5 Å². The van der Waals surface area contributed by atoms with Crippen LogP contribution in [0.5, 0.6) is 0 Å².